The maximum atomic E-state index is 13.0. The molecule has 0 N–H and O–H groups in total. The van der Waals surface area contributed by atoms with Crippen molar-refractivity contribution in [2.75, 3.05) is 0 Å². The molecule has 0 aliphatic carbocycles. The summed E-state index contributed by atoms with van der Waals surface area (Å²) in [5.41, 5.74) is 0.400. The fourth-order valence-electron chi connectivity index (χ4n) is 2.81. The largest absolute Gasteiger partial charge is 0.268 e. The van der Waals surface area contributed by atoms with Gasteiger partial charge < -0.3 is 0 Å². The topological polar surface area (TPSA) is 34.9 Å². The minimum atomic E-state index is -0.170. The van der Waals surface area contributed by atoms with Crippen molar-refractivity contribution < 1.29 is 0 Å². The number of nitrogens with zero attached hydrogens (tertiary/aromatic N) is 2. The van der Waals surface area contributed by atoms with Crippen molar-refractivity contribution in [3.05, 3.63) is 81.2 Å². The first-order chi connectivity index (χ1) is 11.2. The van der Waals surface area contributed by atoms with E-state index in [0.29, 0.717) is 26.8 Å². The molecule has 0 saturated heterocycles. The van der Waals surface area contributed by atoms with Crippen LogP contribution in [0.15, 0.2) is 65.6 Å². The van der Waals surface area contributed by atoms with Gasteiger partial charge in [0, 0.05) is 17.0 Å². The van der Waals surface area contributed by atoms with Crippen LogP contribution in [0, 0.1) is 0 Å². The van der Waals surface area contributed by atoms with Gasteiger partial charge in [0.05, 0.1) is 15.6 Å². The lowest BCUT2D eigenvalue weighted by molar-refractivity contribution is 0.997. The molecule has 0 unspecified atom stereocenters. The number of benzene rings is 2. The van der Waals surface area contributed by atoms with Crippen LogP contribution in [0.5, 0.6) is 0 Å². The van der Waals surface area contributed by atoms with Crippen LogP contribution in [-0.2, 0) is 0 Å². The average molecular weight is 341 g/mol. The third-order valence-corrected chi connectivity index (χ3v) is 4.62. The molecule has 3 nitrogen and oxygen atoms in total. The van der Waals surface area contributed by atoms with Crippen molar-refractivity contribution in [2.45, 2.75) is 0 Å². The molecular weight excluding hydrogens is 331 g/mol. The normalized spacial score (nSPS) is 11.2. The predicted molar refractivity (Wildman–Crippen MR) is 94.9 cm³/mol. The highest BCUT2D eigenvalue weighted by Crippen LogP contribution is 2.34. The molecular formula is C18H10Cl2N2O. The molecule has 4 rings (SSSR count). The second-order valence-electron chi connectivity index (χ2n) is 5.13. The van der Waals surface area contributed by atoms with Crippen molar-refractivity contribution in [3.8, 4) is 5.82 Å². The van der Waals surface area contributed by atoms with Crippen LogP contribution >= 0.6 is 23.2 Å². The molecule has 0 aliphatic rings. The minimum Gasteiger partial charge on any atom is -0.268 e. The Morgan fingerprint density at radius 3 is 2.30 bits per heavy atom. The van der Waals surface area contributed by atoms with Gasteiger partial charge in [0.25, 0.3) is 5.56 Å². The van der Waals surface area contributed by atoms with Crippen molar-refractivity contribution in [1.82, 2.24) is 9.55 Å². The molecule has 112 valence electrons. The van der Waals surface area contributed by atoms with Gasteiger partial charge in [-0.25, -0.2) is 4.98 Å². The zero-order chi connectivity index (χ0) is 16.0. The summed E-state index contributed by atoms with van der Waals surface area (Å²) in [5, 5.41) is 3.07. The SMILES string of the molecule is O=c1c2ccccc2c2ccc(Cl)c(Cl)c2n1-c1ccccn1. The van der Waals surface area contributed by atoms with Gasteiger partial charge in [-0.05, 0) is 29.7 Å². The highest BCUT2D eigenvalue weighted by Gasteiger charge is 2.16. The van der Waals surface area contributed by atoms with E-state index in [2.05, 4.69) is 4.98 Å². The summed E-state index contributed by atoms with van der Waals surface area (Å²) >= 11 is 12.6. The summed E-state index contributed by atoms with van der Waals surface area (Å²) in [6.07, 6.45) is 1.64. The van der Waals surface area contributed by atoms with Crippen LogP contribution in [0.25, 0.3) is 27.5 Å². The van der Waals surface area contributed by atoms with E-state index in [1.54, 1.807) is 30.5 Å². The van der Waals surface area contributed by atoms with E-state index < -0.39 is 0 Å². The monoisotopic (exact) mass is 340 g/mol. The molecule has 0 amide bonds. The van der Waals surface area contributed by atoms with Gasteiger partial charge in [0.1, 0.15) is 5.82 Å². The Hall–Kier alpha value is -2.36. The van der Waals surface area contributed by atoms with Gasteiger partial charge in [-0.15, -0.1) is 0 Å². The molecule has 0 radical (unpaired) electrons. The summed E-state index contributed by atoms with van der Waals surface area (Å²) in [6.45, 7) is 0. The first-order valence-electron chi connectivity index (χ1n) is 7.01. The Kier molecular flexibility index (Phi) is 3.33. The third kappa shape index (κ3) is 2.12. The molecule has 0 spiro atoms. The average Bonchev–Trinajstić information content (AvgIpc) is 2.60. The summed E-state index contributed by atoms with van der Waals surface area (Å²) in [6, 6.07) is 16.5. The predicted octanol–water partition coefficient (Wildman–Crippen LogP) is 4.85. The van der Waals surface area contributed by atoms with Gasteiger partial charge in [0.15, 0.2) is 0 Å². The Labute approximate surface area is 141 Å². The lowest BCUT2D eigenvalue weighted by Crippen LogP contribution is -2.20. The molecule has 0 aliphatic heterocycles. The lowest BCUT2D eigenvalue weighted by Gasteiger charge is -2.14. The van der Waals surface area contributed by atoms with E-state index in [4.69, 9.17) is 23.2 Å². The van der Waals surface area contributed by atoms with Crippen LogP contribution < -0.4 is 5.56 Å². The van der Waals surface area contributed by atoms with Gasteiger partial charge in [-0.2, -0.15) is 0 Å². The zero-order valence-electron chi connectivity index (χ0n) is 11.8. The van der Waals surface area contributed by atoms with E-state index >= 15 is 0 Å². The van der Waals surface area contributed by atoms with Crippen molar-refractivity contribution in [3.63, 3.8) is 0 Å². The van der Waals surface area contributed by atoms with E-state index in [0.717, 1.165) is 10.8 Å². The quantitative estimate of drug-likeness (QED) is 0.464. The van der Waals surface area contributed by atoms with Crippen molar-refractivity contribution in [1.29, 1.82) is 0 Å². The maximum absolute atomic E-state index is 13.0. The van der Waals surface area contributed by atoms with Crippen LogP contribution in [0.4, 0.5) is 0 Å². The zero-order valence-corrected chi connectivity index (χ0v) is 13.3. The fraction of sp³-hybridized carbons (Fsp3) is 0. The molecule has 5 heteroatoms. The molecule has 2 heterocycles. The van der Waals surface area contributed by atoms with E-state index in [9.17, 15) is 4.79 Å². The highest BCUT2D eigenvalue weighted by molar-refractivity contribution is 6.45. The molecule has 2 aromatic heterocycles. The second-order valence-corrected chi connectivity index (χ2v) is 5.92. The summed E-state index contributed by atoms with van der Waals surface area (Å²) < 4.78 is 1.52. The summed E-state index contributed by atoms with van der Waals surface area (Å²) in [7, 11) is 0. The molecule has 4 aromatic rings. The Morgan fingerprint density at radius 1 is 0.826 bits per heavy atom. The Balaban J connectivity index is 2.34. The number of pyridine rings is 2. The molecule has 0 atom stereocenters. The minimum absolute atomic E-state index is 0.170. The Bertz CT molecular complexity index is 1100. The third-order valence-electron chi connectivity index (χ3n) is 3.82. The molecule has 0 fully saturated rings. The van der Waals surface area contributed by atoms with E-state index in [1.165, 1.54) is 4.57 Å². The summed E-state index contributed by atoms with van der Waals surface area (Å²) in [4.78, 5) is 17.3. The van der Waals surface area contributed by atoms with Gasteiger partial charge in [-0.3, -0.25) is 9.36 Å². The standard InChI is InChI=1S/C18H10Cl2N2O/c19-14-9-8-12-11-5-1-2-6-13(11)18(23)22(17(12)16(14)20)15-7-3-4-10-21-15/h1-10H. The number of rotatable bonds is 1. The van der Waals surface area contributed by atoms with Crippen LogP contribution in [0.1, 0.15) is 0 Å². The van der Waals surface area contributed by atoms with Crippen molar-refractivity contribution in [2.24, 2.45) is 0 Å². The van der Waals surface area contributed by atoms with Gasteiger partial charge >= 0.3 is 0 Å². The lowest BCUT2D eigenvalue weighted by atomic mass is 10.1. The molecule has 2 aromatic carbocycles. The fourth-order valence-corrected chi connectivity index (χ4v) is 3.21. The van der Waals surface area contributed by atoms with Gasteiger partial charge in [0.2, 0.25) is 0 Å². The van der Waals surface area contributed by atoms with E-state index in [-0.39, 0.29) is 5.56 Å². The first kappa shape index (κ1) is 14.2. The number of fused-ring (bicyclic) bond motifs is 3. The number of hydrogen-bond donors (Lipinski definition) is 0. The van der Waals surface area contributed by atoms with Gasteiger partial charge in [-0.1, -0.05) is 53.5 Å². The molecule has 0 bridgehead atoms. The highest BCUT2D eigenvalue weighted by atomic mass is 35.5. The first-order valence-corrected chi connectivity index (χ1v) is 7.77. The number of halogens is 2. The maximum Gasteiger partial charge on any atom is 0.264 e. The van der Waals surface area contributed by atoms with Crippen LogP contribution in [0.3, 0.4) is 0 Å². The van der Waals surface area contributed by atoms with Crippen LogP contribution in [0.2, 0.25) is 10.0 Å². The molecule has 0 saturated carbocycles. The smallest absolute Gasteiger partial charge is 0.264 e. The second kappa shape index (κ2) is 5.37. The summed E-state index contributed by atoms with van der Waals surface area (Å²) in [5.74, 6) is 0.511. The number of aromatic nitrogens is 2. The van der Waals surface area contributed by atoms with Crippen LogP contribution in [-0.4, -0.2) is 9.55 Å². The Morgan fingerprint density at radius 2 is 1.57 bits per heavy atom. The molecule has 23 heavy (non-hydrogen) atoms. The number of hydrogen-bond acceptors (Lipinski definition) is 2. The van der Waals surface area contributed by atoms with E-state index in [1.807, 2.05) is 30.3 Å². The van der Waals surface area contributed by atoms with Crippen molar-refractivity contribution >= 4 is 44.9 Å².